The summed E-state index contributed by atoms with van der Waals surface area (Å²) >= 11 is 0. The highest BCUT2D eigenvalue weighted by Gasteiger charge is 2.30. The van der Waals surface area contributed by atoms with Crippen molar-refractivity contribution in [3.8, 4) is 22.6 Å². The molecule has 0 heterocycles. The first-order chi connectivity index (χ1) is 31.3. The lowest BCUT2D eigenvalue weighted by Gasteiger charge is -2.27. The lowest BCUT2D eigenvalue weighted by atomic mass is 9.80. The predicted molar refractivity (Wildman–Crippen MR) is 251 cm³/mol. The first-order valence-corrected chi connectivity index (χ1v) is 23.0. The molecule has 0 saturated heterocycles. The number of esters is 2. The van der Waals surface area contributed by atoms with Crippen molar-refractivity contribution in [2.24, 2.45) is 23.7 Å². The summed E-state index contributed by atoms with van der Waals surface area (Å²) in [7, 11) is 0. The minimum absolute atomic E-state index is 0.0491. The zero-order valence-electron chi connectivity index (χ0n) is 37.5. The van der Waals surface area contributed by atoms with E-state index in [1.807, 2.05) is 0 Å². The number of nitrogens with zero attached hydrogens (tertiary/aromatic N) is 2. The zero-order chi connectivity index (χ0) is 46.5. The van der Waals surface area contributed by atoms with Gasteiger partial charge in [0.2, 0.25) is 0 Å². The first kappa shape index (κ1) is 47.9. The van der Waals surface area contributed by atoms with Crippen LogP contribution in [0.5, 0.6) is 11.5 Å². The number of ketones is 2. The fourth-order valence-electron chi connectivity index (χ4n) is 9.09. The molecule has 12 heteroatoms. The van der Waals surface area contributed by atoms with Gasteiger partial charge in [0.1, 0.15) is 11.5 Å². The summed E-state index contributed by atoms with van der Waals surface area (Å²) in [4.78, 5) is 76.5. The van der Waals surface area contributed by atoms with Crippen LogP contribution in [-0.2, 0) is 9.59 Å². The smallest absolute Gasteiger partial charge is 0.314 e. The first-order valence-electron chi connectivity index (χ1n) is 23.0. The Bertz CT molecular complexity index is 2420. The van der Waals surface area contributed by atoms with Gasteiger partial charge in [-0.05, 0) is 141 Å². The lowest BCUT2D eigenvalue weighted by molar-refractivity contribution is -0.385. The Hall–Kier alpha value is -6.56. The van der Waals surface area contributed by atoms with Crippen LogP contribution in [0, 0.1) is 50.8 Å². The van der Waals surface area contributed by atoms with Gasteiger partial charge in [0.25, 0.3) is 11.4 Å². The maximum absolute atomic E-state index is 14.1. The van der Waals surface area contributed by atoms with Gasteiger partial charge in [0, 0.05) is 34.9 Å². The van der Waals surface area contributed by atoms with E-state index in [2.05, 4.69) is 13.8 Å². The monoisotopic (exact) mass is 882 g/mol. The van der Waals surface area contributed by atoms with Crippen molar-refractivity contribution >= 4 is 47.0 Å². The van der Waals surface area contributed by atoms with Gasteiger partial charge in [-0.2, -0.15) is 0 Å². The van der Waals surface area contributed by atoms with Gasteiger partial charge in [0.05, 0.1) is 21.7 Å². The van der Waals surface area contributed by atoms with Gasteiger partial charge in [0.15, 0.2) is 11.6 Å². The molecule has 2 aliphatic carbocycles. The van der Waals surface area contributed by atoms with E-state index in [9.17, 15) is 39.4 Å². The van der Waals surface area contributed by atoms with Crippen LogP contribution in [0.1, 0.15) is 141 Å². The maximum atomic E-state index is 14.1. The van der Waals surface area contributed by atoms with Crippen molar-refractivity contribution in [3.05, 3.63) is 139 Å². The molecular formula is C53H58N2O10. The normalized spacial score (nSPS) is 18.6. The van der Waals surface area contributed by atoms with E-state index in [0.717, 1.165) is 57.4 Å². The van der Waals surface area contributed by atoms with Crippen LogP contribution in [-0.4, -0.2) is 33.4 Å². The largest absolute Gasteiger partial charge is 0.426 e. The molecule has 0 atom stereocenters. The van der Waals surface area contributed by atoms with Crippen LogP contribution < -0.4 is 9.47 Å². The Morgan fingerprint density at radius 3 is 1.51 bits per heavy atom. The Labute approximate surface area is 380 Å². The molecule has 340 valence electrons. The standard InChI is InChI=1S/C53H58N2O10/c1-4-6-8-36-10-20-40(21-11-36)52(58)64-43-25-14-38(15-26-43)18-32-49(56)47-34-42(54(60)61)24-29-45(47)46-30-31-48(55(62)63)35(3)51(46)50(57)33-19-39-16-27-44(28-17-39)65-53(59)41-22-12-37(13-23-41)9-7-5-2/h14-19,24-34,36-37,40-41H,4-13,20-23H2,1-3H3/b32-18+,33-19+. The van der Waals surface area contributed by atoms with Crippen molar-refractivity contribution in [2.75, 3.05) is 0 Å². The molecule has 4 aromatic rings. The number of rotatable bonds is 19. The molecular weight excluding hydrogens is 825 g/mol. The van der Waals surface area contributed by atoms with E-state index in [4.69, 9.17) is 9.47 Å². The molecule has 2 fully saturated rings. The number of carbonyl (C=O) groups excluding carboxylic acids is 4. The van der Waals surface area contributed by atoms with E-state index in [1.54, 1.807) is 48.5 Å². The third-order valence-corrected chi connectivity index (χ3v) is 13.0. The van der Waals surface area contributed by atoms with Crippen LogP contribution in [0.15, 0.2) is 91.0 Å². The fraction of sp³-hybridized carbons (Fsp3) is 0.396. The van der Waals surface area contributed by atoms with Crippen LogP contribution in [0.3, 0.4) is 0 Å². The van der Waals surface area contributed by atoms with Crippen LogP contribution in [0.2, 0.25) is 0 Å². The molecule has 0 radical (unpaired) electrons. The van der Waals surface area contributed by atoms with Crippen molar-refractivity contribution in [2.45, 2.75) is 111 Å². The molecule has 2 saturated carbocycles. The summed E-state index contributed by atoms with van der Waals surface area (Å²) in [6, 6.07) is 19.6. The molecule has 12 nitrogen and oxygen atoms in total. The van der Waals surface area contributed by atoms with Gasteiger partial charge >= 0.3 is 11.9 Å². The van der Waals surface area contributed by atoms with E-state index < -0.39 is 21.4 Å². The SMILES string of the molecule is CCCCC1CCC(C(=O)Oc2ccc(/C=C/C(=O)c3cc([N+](=O)[O-])ccc3-c3ccc([N+](=O)[O-])c(C)c3C(=O)/C=C/c3ccc(OC(=O)C4CCC(CCCC)CC4)cc3)cc2)CC1. The highest BCUT2D eigenvalue weighted by atomic mass is 16.6. The van der Waals surface area contributed by atoms with Crippen molar-refractivity contribution in [1.29, 1.82) is 0 Å². The van der Waals surface area contributed by atoms with Gasteiger partial charge in [-0.25, -0.2) is 0 Å². The van der Waals surface area contributed by atoms with Crippen molar-refractivity contribution in [1.82, 2.24) is 0 Å². The third-order valence-electron chi connectivity index (χ3n) is 13.0. The van der Waals surface area contributed by atoms with E-state index >= 15 is 0 Å². The topological polar surface area (TPSA) is 173 Å². The van der Waals surface area contributed by atoms with Crippen molar-refractivity contribution < 1.29 is 38.5 Å². The van der Waals surface area contributed by atoms with Crippen LogP contribution >= 0.6 is 0 Å². The summed E-state index contributed by atoms with van der Waals surface area (Å²) in [5, 5.41) is 24.0. The number of benzene rings is 4. The number of hydrogen-bond donors (Lipinski definition) is 0. The number of hydrogen-bond acceptors (Lipinski definition) is 10. The van der Waals surface area contributed by atoms with E-state index in [-0.39, 0.29) is 63.0 Å². The number of allylic oxidation sites excluding steroid dienone is 2. The maximum Gasteiger partial charge on any atom is 0.314 e. The number of carbonyl (C=O) groups is 4. The van der Waals surface area contributed by atoms with Crippen LogP contribution in [0.4, 0.5) is 11.4 Å². The molecule has 65 heavy (non-hydrogen) atoms. The average molecular weight is 883 g/mol. The van der Waals surface area contributed by atoms with Crippen LogP contribution in [0.25, 0.3) is 23.3 Å². The second-order valence-electron chi connectivity index (χ2n) is 17.5. The molecule has 0 amide bonds. The zero-order valence-corrected chi connectivity index (χ0v) is 37.5. The quantitative estimate of drug-likeness (QED) is 0.0220. The molecule has 0 bridgehead atoms. The second-order valence-corrected chi connectivity index (χ2v) is 17.5. The van der Waals surface area contributed by atoms with Gasteiger partial charge in [-0.15, -0.1) is 0 Å². The minimum atomic E-state index is -0.635. The van der Waals surface area contributed by atoms with Gasteiger partial charge in [-0.3, -0.25) is 39.4 Å². The molecule has 0 aromatic heterocycles. The van der Waals surface area contributed by atoms with Gasteiger partial charge in [-0.1, -0.05) is 88.8 Å². The summed E-state index contributed by atoms with van der Waals surface area (Å²) < 4.78 is 11.4. The molecule has 4 aromatic carbocycles. The Kier molecular flexibility index (Phi) is 16.9. The molecule has 0 spiro atoms. The van der Waals surface area contributed by atoms with E-state index in [0.29, 0.717) is 34.5 Å². The summed E-state index contributed by atoms with van der Waals surface area (Å²) in [5.41, 5.74) is 0.779. The molecule has 2 aliphatic rings. The molecule has 0 N–H and O–H groups in total. The number of nitro benzene ring substituents is 2. The lowest BCUT2D eigenvalue weighted by Crippen LogP contribution is -2.25. The highest BCUT2D eigenvalue weighted by molar-refractivity contribution is 6.16. The van der Waals surface area contributed by atoms with Crippen molar-refractivity contribution in [3.63, 3.8) is 0 Å². The fourth-order valence-corrected chi connectivity index (χ4v) is 9.09. The minimum Gasteiger partial charge on any atom is -0.426 e. The summed E-state index contributed by atoms with van der Waals surface area (Å²) in [6.07, 6.45) is 20.1. The third kappa shape index (κ3) is 12.8. The number of ether oxygens (including phenoxy) is 2. The van der Waals surface area contributed by atoms with Gasteiger partial charge < -0.3 is 9.47 Å². The second kappa shape index (κ2) is 22.9. The molecule has 0 unspecified atom stereocenters. The number of non-ortho nitro benzene ring substituents is 1. The summed E-state index contributed by atoms with van der Waals surface area (Å²) in [6.45, 7) is 5.81. The number of unbranched alkanes of at least 4 members (excludes halogenated alkanes) is 2. The van der Waals surface area contributed by atoms with E-state index in [1.165, 1.54) is 94.0 Å². The molecule has 0 aliphatic heterocycles. The highest BCUT2D eigenvalue weighted by Crippen LogP contribution is 2.37. The summed E-state index contributed by atoms with van der Waals surface area (Å²) in [5.74, 6) is 0.137. The average Bonchev–Trinajstić information content (AvgIpc) is 3.31. The molecule has 6 rings (SSSR count). The number of nitro groups is 2. The Morgan fingerprint density at radius 2 is 1.06 bits per heavy atom. The Morgan fingerprint density at radius 1 is 0.600 bits per heavy atom. The Balaban J connectivity index is 1.17. The predicted octanol–water partition coefficient (Wildman–Crippen LogP) is 13.1.